The zero-order valence-corrected chi connectivity index (χ0v) is 13.4. The van der Waals surface area contributed by atoms with Crippen LogP contribution in [0.15, 0.2) is 22.0 Å². The minimum atomic E-state index is 0.654. The highest BCUT2D eigenvalue weighted by Crippen LogP contribution is 2.26. The van der Waals surface area contributed by atoms with Gasteiger partial charge in [-0.25, -0.2) is 4.98 Å². The minimum absolute atomic E-state index is 0.654. The Morgan fingerprint density at radius 2 is 2.20 bits per heavy atom. The molecule has 0 radical (unpaired) electrons. The number of thiophene rings is 1. The number of aromatic nitrogens is 1. The normalized spacial score (nSPS) is 13.6. The van der Waals surface area contributed by atoms with Crippen LogP contribution in [0.1, 0.15) is 34.5 Å². The van der Waals surface area contributed by atoms with Crippen molar-refractivity contribution in [2.45, 2.75) is 32.2 Å². The molecule has 0 spiro atoms. The van der Waals surface area contributed by atoms with Gasteiger partial charge in [0, 0.05) is 10.6 Å². The van der Waals surface area contributed by atoms with Gasteiger partial charge >= 0.3 is 0 Å². The number of aryl methyl sites for hydroxylation is 2. The van der Waals surface area contributed by atoms with Crippen LogP contribution < -0.4 is 5.32 Å². The molecule has 0 bridgehead atoms. The summed E-state index contributed by atoms with van der Waals surface area (Å²) in [4.78, 5) is 5.89. The molecule has 2 aromatic rings. The molecule has 0 unspecified atom stereocenters. The van der Waals surface area contributed by atoms with Crippen molar-refractivity contribution in [3.05, 3.63) is 43.7 Å². The van der Waals surface area contributed by atoms with Crippen LogP contribution in [0.2, 0.25) is 0 Å². The largest absolute Gasteiger partial charge is 0.364 e. The Hall–Kier alpha value is -1.38. The van der Waals surface area contributed by atoms with Crippen molar-refractivity contribution in [2.24, 2.45) is 0 Å². The van der Waals surface area contributed by atoms with E-state index in [2.05, 4.69) is 38.4 Å². The van der Waals surface area contributed by atoms with Crippen molar-refractivity contribution in [3.63, 3.8) is 0 Å². The smallest absolute Gasteiger partial charge is 0.144 e. The molecule has 20 heavy (non-hydrogen) atoms. The van der Waals surface area contributed by atoms with E-state index in [1.807, 2.05) is 12.1 Å². The van der Waals surface area contributed by atoms with E-state index in [1.165, 1.54) is 23.3 Å². The maximum Gasteiger partial charge on any atom is 0.144 e. The molecule has 0 aliphatic heterocycles. The lowest BCUT2D eigenvalue weighted by Crippen LogP contribution is -2.10. The standard InChI is InChI=1S/C15H14BrN3S/c16-14-6-5-12(20-14)9-18-15-11(8-17)7-10-3-1-2-4-13(10)19-15/h5-7H,1-4,9H2,(H,18,19). The van der Waals surface area contributed by atoms with Crippen molar-refractivity contribution < 1.29 is 0 Å². The lowest BCUT2D eigenvalue weighted by molar-refractivity contribution is 0.668. The summed E-state index contributed by atoms with van der Waals surface area (Å²) in [7, 11) is 0. The first kappa shape index (κ1) is 13.6. The number of nitrogens with one attached hydrogen (secondary N) is 1. The van der Waals surface area contributed by atoms with Gasteiger partial charge in [-0.3, -0.25) is 0 Å². The zero-order chi connectivity index (χ0) is 13.9. The average molecular weight is 348 g/mol. The first-order valence-corrected chi connectivity index (χ1v) is 8.28. The molecule has 1 aliphatic rings. The Labute approximate surface area is 130 Å². The van der Waals surface area contributed by atoms with E-state index in [1.54, 1.807) is 11.3 Å². The molecule has 0 fully saturated rings. The van der Waals surface area contributed by atoms with Gasteiger partial charge in [0.1, 0.15) is 11.9 Å². The molecule has 0 atom stereocenters. The molecule has 0 saturated heterocycles. The summed E-state index contributed by atoms with van der Waals surface area (Å²) in [5, 5.41) is 12.6. The van der Waals surface area contributed by atoms with Gasteiger partial charge in [0.05, 0.1) is 15.9 Å². The number of hydrogen-bond acceptors (Lipinski definition) is 4. The maximum atomic E-state index is 9.29. The topological polar surface area (TPSA) is 48.7 Å². The van der Waals surface area contributed by atoms with Gasteiger partial charge < -0.3 is 5.32 Å². The van der Waals surface area contributed by atoms with Crippen molar-refractivity contribution in [3.8, 4) is 6.07 Å². The predicted molar refractivity (Wildman–Crippen MR) is 84.9 cm³/mol. The minimum Gasteiger partial charge on any atom is -0.364 e. The highest BCUT2D eigenvalue weighted by Gasteiger charge is 2.15. The number of fused-ring (bicyclic) bond motifs is 1. The molecule has 1 N–H and O–H groups in total. The second-order valence-electron chi connectivity index (χ2n) is 4.87. The molecule has 0 aromatic carbocycles. The van der Waals surface area contributed by atoms with Crippen LogP contribution >= 0.6 is 27.3 Å². The van der Waals surface area contributed by atoms with E-state index >= 15 is 0 Å². The molecule has 5 heteroatoms. The summed E-state index contributed by atoms with van der Waals surface area (Å²) in [6.45, 7) is 0.705. The van der Waals surface area contributed by atoms with E-state index in [0.717, 1.165) is 28.1 Å². The van der Waals surface area contributed by atoms with Crippen molar-refractivity contribution in [2.75, 3.05) is 5.32 Å². The second-order valence-corrected chi connectivity index (χ2v) is 7.42. The molecule has 0 saturated carbocycles. The molecular weight excluding hydrogens is 334 g/mol. The van der Waals surface area contributed by atoms with Crippen molar-refractivity contribution in [1.29, 1.82) is 5.26 Å². The molecule has 102 valence electrons. The molecule has 0 amide bonds. The third-order valence-corrected chi connectivity index (χ3v) is 5.10. The lowest BCUT2D eigenvalue weighted by Gasteiger charge is -2.17. The van der Waals surface area contributed by atoms with Gasteiger partial charge in [-0.15, -0.1) is 11.3 Å². The summed E-state index contributed by atoms with van der Waals surface area (Å²) < 4.78 is 1.12. The van der Waals surface area contributed by atoms with Gasteiger partial charge in [-0.1, -0.05) is 0 Å². The Kier molecular flexibility index (Phi) is 4.04. The third-order valence-electron chi connectivity index (χ3n) is 3.48. The highest BCUT2D eigenvalue weighted by atomic mass is 79.9. The van der Waals surface area contributed by atoms with Crippen LogP contribution in [0, 0.1) is 11.3 Å². The SMILES string of the molecule is N#Cc1cc2c(nc1NCc1ccc(Br)s1)CCCC2. The maximum absolute atomic E-state index is 9.29. The van der Waals surface area contributed by atoms with Gasteiger partial charge in [-0.05, 0) is 65.4 Å². The van der Waals surface area contributed by atoms with Crippen LogP contribution in [-0.2, 0) is 19.4 Å². The number of rotatable bonds is 3. The van der Waals surface area contributed by atoms with Gasteiger partial charge in [0.2, 0.25) is 0 Å². The van der Waals surface area contributed by atoms with Crippen LogP contribution in [0.3, 0.4) is 0 Å². The summed E-state index contributed by atoms with van der Waals surface area (Å²) >= 11 is 5.15. The predicted octanol–water partition coefficient (Wildman–Crippen LogP) is 4.27. The molecule has 3 rings (SSSR count). The zero-order valence-electron chi connectivity index (χ0n) is 10.9. The number of anilines is 1. The third kappa shape index (κ3) is 2.87. The van der Waals surface area contributed by atoms with Crippen LogP contribution in [0.4, 0.5) is 5.82 Å². The number of pyridine rings is 1. The fraction of sp³-hybridized carbons (Fsp3) is 0.333. The summed E-state index contributed by atoms with van der Waals surface area (Å²) in [6, 6.07) is 8.37. The molecule has 2 aromatic heterocycles. The summed E-state index contributed by atoms with van der Waals surface area (Å²) in [6.07, 6.45) is 4.48. The van der Waals surface area contributed by atoms with Crippen LogP contribution in [0.25, 0.3) is 0 Å². The van der Waals surface area contributed by atoms with Gasteiger partial charge in [-0.2, -0.15) is 5.26 Å². The Morgan fingerprint density at radius 3 is 2.95 bits per heavy atom. The van der Waals surface area contributed by atoms with E-state index in [-0.39, 0.29) is 0 Å². The van der Waals surface area contributed by atoms with Crippen molar-refractivity contribution >= 4 is 33.1 Å². The first-order chi connectivity index (χ1) is 9.76. The number of nitriles is 1. The second kappa shape index (κ2) is 5.94. The van der Waals surface area contributed by atoms with E-state index in [4.69, 9.17) is 0 Å². The van der Waals surface area contributed by atoms with E-state index in [0.29, 0.717) is 12.1 Å². The van der Waals surface area contributed by atoms with E-state index < -0.39 is 0 Å². The molecule has 3 nitrogen and oxygen atoms in total. The Morgan fingerprint density at radius 1 is 1.35 bits per heavy atom. The van der Waals surface area contributed by atoms with Gasteiger partial charge in [0.15, 0.2) is 0 Å². The van der Waals surface area contributed by atoms with E-state index in [9.17, 15) is 5.26 Å². The molecule has 2 heterocycles. The van der Waals surface area contributed by atoms with Crippen LogP contribution in [0.5, 0.6) is 0 Å². The molecular formula is C15H14BrN3S. The fourth-order valence-corrected chi connectivity index (χ4v) is 3.89. The number of nitrogens with zero attached hydrogens (tertiary/aromatic N) is 2. The summed E-state index contributed by atoms with van der Waals surface area (Å²) in [5.74, 6) is 0.720. The summed E-state index contributed by atoms with van der Waals surface area (Å²) in [5.41, 5.74) is 3.06. The Balaban J connectivity index is 1.83. The molecule has 1 aliphatic carbocycles. The first-order valence-electron chi connectivity index (χ1n) is 6.67. The Bertz CT molecular complexity index is 672. The van der Waals surface area contributed by atoms with Crippen molar-refractivity contribution in [1.82, 2.24) is 4.98 Å². The fourth-order valence-electron chi connectivity index (χ4n) is 2.47. The lowest BCUT2D eigenvalue weighted by atomic mass is 9.95. The highest BCUT2D eigenvalue weighted by molar-refractivity contribution is 9.11. The van der Waals surface area contributed by atoms with Gasteiger partial charge in [0.25, 0.3) is 0 Å². The monoisotopic (exact) mass is 347 g/mol. The van der Waals surface area contributed by atoms with Crippen LogP contribution in [-0.4, -0.2) is 4.98 Å². The number of halogens is 1. The quantitative estimate of drug-likeness (QED) is 0.901. The number of hydrogen-bond donors (Lipinski definition) is 1. The average Bonchev–Trinajstić information content (AvgIpc) is 2.89.